The minimum Gasteiger partial charge on any atom is -0.287 e. The van der Waals surface area contributed by atoms with Crippen LogP contribution < -0.4 is 5.56 Å². The Hall–Kier alpha value is -1.62. The molecular weight excluding hydrogens is 222 g/mol. The normalized spacial score (nSPS) is 13.8. The molecule has 0 atom stereocenters. The fourth-order valence-corrected chi connectivity index (χ4v) is 2.65. The van der Waals surface area contributed by atoms with Crippen molar-refractivity contribution in [1.82, 2.24) is 14.5 Å². The number of rotatable bonds is 1. The summed E-state index contributed by atoms with van der Waals surface area (Å²) in [5.41, 5.74) is 1.61. The lowest BCUT2D eigenvalue weighted by atomic mass is 10.2. The Morgan fingerprint density at radius 1 is 1.44 bits per heavy atom. The number of thioether (sulfide) groups is 1. The van der Waals surface area contributed by atoms with Crippen LogP contribution in [0.15, 0.2) is 40.5 Å². The summed E-state index contributed by atoms with van der Waals surface area (Å²) < 4.78 is 1.71. The first-order valence-corrected chi connectivity index (χ1v) is 5.98. The molecule has 0 N–H and O–H groups in total. The summed E-state index contributed by atoms with van der Waals surface area (Å²) in [6, 6.07) is 5.33. The van der Waals surface area contributed by atoms with Crippen molar-refractivity contribution in [3.8, 4) is 11.3 Å². The Kier molecular flexibility index (Phi) is 2.25. The van der Waals surface area contributed by atoms with Gasteiger partial charge >= 0.3 is 0 Å². The van der Waals surface area contributed by atoms with E-state index in [4.69, 9.17) is 0 Å². The van der Waals surface area contributed by atoms with Crippen LogP contribution in [0.1, 0.15) is 0 Å². The van der Waals surface area contributed by atoms with E-state index in [1.807, 2.05) is 12.1 Å². The van der Waals surface area contributed by atoms with E-state index in [-0.39, 0.29) is 5.56 Å². The molecule has 0 spiro atoms. The van der Waals surface area contributed by atoms with E-state index in [9.17, 15) is 4.79 Å². The molecule has 5 heteroatoms. The van der Waals surface area contributed by atoms with Gasteiger partial charge in [0, 0.05) is 36.3 Å². The summed E-state index contributed by atoms with van der Waals surface area (Å²) in [5, 5.41) is 0.811. The van der Waals surface area contributed by atoms with Crippen molar-refractivity contribution >= 4 is 11.8 Å². The maximum atomic E-state index is 11.8. The highest BCUT2D eigenvalue weighted by Crippen LogP contribution is 2.23. The van der Waals surface area contributed by atoms with Gasteiger partial charge in [-0.2, -0.15) is 0 Å². The van der Waals surface area contributed by atoms with Crippen LogP contribution in [-0.2, 0) is 6.54 Å². The molecule has 0 saturated heterocycles. The smallest absolute Gasteiger partial charge is 0.254 e. The van der Waals surface area contributed by atoms with Gasteiger partial charge in [-0.3, -0.25) is 14.3 Å². The molecule has 0 amide bonds. The van der Waals surface area contributed by atoms with Gasteiger partial charge in [0.25, 0.3) is 5.56 Å². The Balaban J connectivity index is 2.17. The van der Waals surface area contributed by atoms with Gasteiger partial charge in [0.1, 0.15) is 0 Å². The fourth-order valence-electron chi connectivity index (χ4n) is 1.69. The minimum atomic E-state index is 0.0221. The Morgan fingerprint density at radius 2 is 2.38 bits per heavy atom. The predicted molar refractivity (Wildman–Crippen MR) is 62.5 cm³/mol. The molecule has 1 aliphatic heterocycles. The lowest BCUT2D eigenvalue weighted by Crippen LogP contribution is -2.19. The van der Waals surface area contributed by atoms with E-state index in [2.05, 4.69) is 9.97 Å². The Morgan fingerprint density at radius 3 is 3.19 bits per heavy atom. The number of pyridine rings is 1. The quantitative estimate of drug-likeness (QED) is 0.696. The largest absolute Gasteiger partial charge is 0.287 e. The van der Waals surface area contributed by atoms with E-state index in [0.717, 1.165) is 23.0 Å². The van der Waals surface area contributed by atoms with E-state index in [0.29, 0.717) is 5.69 Å². The predicted octanol–water partition coefficient (Wildman–Crippen LogP) is 1.41. The van der Waals surface area contributed by atoms with E-state index >= 15 is 0 Å². The summed E-state index contributed by atoms with van der Waals surface area (Å²) in [4.78, 5) is 20.3. The average molecular weight is 231 g/mol. The van der Waals surface area contributed by atoms with Gasteiger partial charge in [-0.1, -0.05) is 11.8 Å². The van der Waals surface area contributed by atoms with Crippen LogP contribution in [-0.4, -0.2) is 20.3 Å². The monoisotopic (exact) mass is 231 g/mol. The molecule has 0 bridgehead atoms. The van der Waals surface area contributed by atoms with Crippen LogP contribution in [0, 0.1) is 0 Å². The molecule has 3 heterocycles. The molecule has 0 aliphatic carbocycles. The number of hydrogen-bond acceptors (Lipinski definition) is 4. The Bertz CT molecular complexity index is 580. The van der Waals surface area contributed by atoms with Gasteiger partial charge in [-0.15, -0.1) is 0 Å². The van der Waals surface area contributed by atoms with Gasteiger partial charge < -0.3 is 0 Å². The minimum absolute atomic E-state index is 0.0221. The molecule has 0 aromatic carbocycles. The third-order valence-electron chi connectivity index (χ3n) is 2.48. The molecule has 2 aromatic heterocycles. The summed E-state index contributed by atoms with van der Waals surface area (Å²) in [6.07, 6.45) is 3.43. The van der Waals surface area contributed by atoms with E-state index in [1.165, 1.54) is 0 Å². The third-order valence-corrected chi connectivity index (χ3v) is 3.43. The standard InChI is InChI=1S/C11H9N3OS/c15-10-6-9(8-2-1-3-12-7-8)13-11-14(10)4-5-16-11/h1-3,6-7H,4-5H2. The first-order chi connectivity index (χ1) is 7.84. The highest BCUT2D eigenvalue weighted by Gasteiger charge is 2.15. The van der Waals surface area contributed by atoms with Gasteiger partial charge in [-0.05, 0) is 12.1 Å². The molecule has 1 aliphatic rings. The van der Waals surface area contributed by atoms with Gasteiger partial charge in [-0.25, -0.2) is 4.98 Å². The van der Waals surface area contributed by atoms with Gasteiger partial charge in [0.05, 0.1) is 5.69 Å². The molecule has 0 unspecified atom stereocenters. The molecule has 0 fully saturated rings. The number of nitrogens with zero attached hydrogens (tertiary/aromatic N) is 3. The van der Waals surface area contributed by atoms with Crippen molar-refractivity contribution in [2.24, 2.45) is 0 Å². The lowest BCUT2D eigenvalue weighted by molar-refractivity contribution is 0.658. The lowest BCUT2D eigenvalue weighted by Gasteiger charge is -2.03. The first-order valence-electron chi connectivity index (χ1n) is 5.00. The summed E-state index contributed by atoms with van der Waals surface area (Å²) in [5.74, 6) is 0.929. The fraction of sp³-hybridized carbons (Fsp3) is 0.182. The zero-order chi connectivity index (χ0) is 11.0. The molecule has 80 valence electrons. The number of fused-ring (bicyclic) bond motifs is 1. The van der Waals surface area contributed by atoms with Crippen molar-refractivity contribution in [1.29, 1.82) is 0 Å². The van der Waals surface area contributed by atoms with Crippen LogP contribution in [0.25, 0.3) is 11.3 Å². The third kappa shape index (κ3) is 1.53. The second-order valence-electron chi connectivity index (χ2n) is 3.50. The number of hydrogen-bond donors (Lipinski definition) is 0. The first kappa shape index (κ1) is 9.59. The van der Waals surface area contributed by atoms with E-state index in [1.54, 1.807) is 34.8 Å². The van der Waals surface area contributed by atoms with Crippen molar-refractivity contribution in [2.75, 3.05) is 5.75 Å². The zero-order valence-electron chi connectivity index (χ0n) is 8.46. The molecule has 0 radical (unpaired) electrons. The average Bonchev–Trinajstić information content (AvgIpc) is 2.79. The second-order valence-corrected chi connectivity index (χ2v) is 4.57. The maximum Gasteiger partial charge on any atom is 0.254 e. The highest BCUT2D eigenvalue weighted by atomic mass is 32.2. The van der Waals surface area contributed by atoms with Crippen LogP contribution in [0.4, 0.5) is 0 Å². The van der Waals surface area contributed by atoms with E-state index < -0.39 is 0 Å². The zero-order valence-corrected chi connectivity index (χ0v) is 9.28. The molecule has 0 saturated carbocycles. The van der Waals surface area contributed by atoms with Crippen LogP contribution in [0.5, 0.6) is 0 Å². The molecular formula is C11H9N3OS. The van der Waals surface area contributed by atoms with Crippen molar-refractivity contribution in [2.45, 2.75) is 11.7 Å². The molecule has 4 nitrogen and oxygen atoms in total. The topological polar surface area (TPSA) is 47.8 Å². The van der Waals surface area contributed by atoms with Crippen LogP contribution in [0.2, 0.25) is 0 Å². The highest BCUT2D eigenvalue weighted by molar-refractivity contribution is 7.99. The summed E-state index contributed by atoms with van der Waals surface area (Å²) in [6.45, 7) is 0.763. The SMILES string of the molecule is O=c1cc(-c2cccnc2)nc2n1CCS2. The van der Waals surface area contributed by atoms with Gasteiger partial charge in [0.15, 0.2) is 5.16 Å². The van der Waals surface area contributed by atoms with Crippen molar-refractivity contribution < 1.29 is 0 Å². The van der Waals surface area contributed by atoms with Crippen molar-refractivity contribution in [3.05, 3.63) is 40.9 Å². The molecule has 2 aromatic rings. The van der Waals surface area contributed by atoms with Crippen LogP contribution in [0.3, 0.4) is 0 Å². The van der Waals surface area contributed by atoms with Crippen molar-refractivity contribution in [3.63, 3.8) is 0 Å². The van der Waals surface area contributed by atoms with Crippen LogP contribution >= 0.6 is 11.8 Å². The Labute approximate surface area is 96.4 Å². The molecule has 16 heavy (non-hydrogen) atoms. The molecule has 3 rings (SSSR count). The van der Waals surface area contributed by atoms with Gasteiger partial charge in [0.2, 0.25) is 0 Å². The summed E-state index contributed by atoms with van der Waals surface area (Å²) >= 11 is 1.62. The second kappa shape index (κ2) is 3.75. The maximum absolute atomic E-state index is 11.8. The number of aromatic nitrogens is 3. The summed E-state index contributed by atoms with van der Waals surface area (Å²) in [7, 11) is 0.